The molecule has 1 N–H and O–H groups in total. The first-order valence-electron chi connectivity index (χ1n) is 10.1. The number of carbonyl (C=O) groups excluding carboxylic acids is 1. The summed E-state index contributed by atoms with van der Waals surface area (Å²) in [5, 5.41) is 5.37. The standard InChI is InChI=1S/C24H18ClN5O2/c1-2-19-21(15-8-4-3-5-9-15)22-26-14-17-20(30(22)27-19)12-13-29(24(17)32)28-23(31)16-10-6-7-11-18(16)25/h3-14H,2H2,1H3,(H,28,31). The second-order valence-corrected chi connectivity index (χ2v) is 7.65. The van der Waals surface area contributed by atoms with E-state index in [2.05, 4.69) is 10.4 Å². The van der Waals surface area contributed by atoms with Crippen molar-refractivity contribution in [2.75, 3.05) is 5.43 Å². The van der Waals surface area contributed by atoms with Crippen LogP contribution in [0.3, 0.4) is 0 Å². The highest BCUT2D eigenvalue weighted by Crippen LogP contribution is 2.29. The van der Waals surface area contributed by atoms with Gasteiger partial charge in [0.2, 0.25) is 0 Å². The lowest BCUT2D eigenvalue weighted by Crippen LogP contribution is -2.33. The second kappa shape index (κ2) is 7.94. The van der Waals surface area contributed by atoms with Crippen molar-refractivity contribution in [1.29, 1.82) is 0 Å². The number of fused-ring (bicyclic) bond motifs is 3. The van der Waals surface area contributed by atoms with E-state index in [9.17, 15) is 9.59 Å². The van der Waals surface area contributed by atoms with Gasteiger partial charge in [-0.2, -0.15) is 5.10 Å². The molecule has 8 heteroatoms. The van der Waals surface area contributed by atoms with Crippen LogP contribution < -0.4 is 11.0 Å². The lowest BCUT2D eigenvalue weighted by atomic mass is 10.0. The van der Waals surface area contributed by atoms with Gasteiger partial charge >= 0.3 is 0 Å². The molecule has 0 saturated carbocycles. The Kier molecular flexibility index (Phi) is 4.95. The molecule has 7 nitrogen and oxygen atoms in total. The molecular formula is C24H18ClN5O2. The maximum atomic E-state index is 13.1. The van der Waals surface area contributed by atoms with Gasteiger partial charge in [-0.05, 0) is 30.2 Å². The van der Waals surface area contributed by atoms with Crippen LogP contribution in [0.15, 0.2) is 77.9 Å². The van der Waals surface area contributed by atoms with E-state index in [0.717, 1.165) is 27.9 Å². The van der Waals surface area contributed by atoms with E-state index in [0.29, 0.717) is 21.6 Å². The first-order valence-corrected chi connectivity index (χ1v) is 10.5. The van der Waals surface area contributed by atoms with Crippen LogP contribution in [0, 0.1) is 0 Å². The number of halogens is 1. The number of pyridine rings is 1. The lowest BCUT2D eigenvalue weighted by Gasteiger charge is -2.10. The summed E-state index contributed by atoms with van der Waals surface area (Å²) >= 11 is 6.10. The van der Waals surface area contributed by atoms with E-state index in [1.807, 2.05) is 37.3 Å². The molecule has 0 aliphatic carbocycles. The summed E-state index contributed by atoms with van der Waals surface area (Å²) < 4.78 is 2.82. The Labute approximate surface area is 187 Å². The average molecular weight is 444 g/mol. The fraction of sp³-hybridized carbons (Fsp3) is 0.0833. The fourth-order valence-electron chi connectivity index (χ4n) is 3.76. The number of nitrogens with zero attached hydrogens (tertiary/aromatic N) is 4. The summed E-state index contributed by atoms with van der Waals surface area (Å²) in [4.78, 5) is 30.2. The average Bonchev–Trinajstić information content (AvgIpc) is 3.20. The molecule has 32 heavy (non-hydrogen) atoms. The highest BCUT2D eigenvalue weighted by atomic mass is 35.5. The number of nitrogens with one attached hydrogen (secondary N) is 1. The molecule has 5 aromatic rings. The summed E-state index contributed by atoms with van der Waals surface area (Å²) in [5.74, 6) is -0.482. The Hall–Kier alpha value is -3.97. The molecule has 0 aliphatic rings. The van der Waals surface area contributed by atoms with Crippen molar-refractivity contribution in [3.8, 4) is 11.1 Å². The molecule has 0 spiro atoms. The maximum Gasteiger partial charge on any atom is 0.280 e. The van der Waals surface area contributed by atoms with Crippen molar-refractivity contribution < 1.29 is 4.79 Å². The molecule has 3 aromatic heterocycles. The smallest absolute Gasteiger partial charge is 0.267 e. The number of hydrogen-bond donors (Lipinski definition) is 1. The third kappa shape index (κ3) is 3.23. The van der Waals surface area contributed by atoms with Crippen molar-refractivity contribution in [3.05, 3.63) is 99.7 Å². The van der Waals surface area contributed by atoms with Gasteiger partial charge < -0.3 is 0 Å². The molecular weight excluding hydrogens is 426 g/mol. The highest BCUT2D eigenvalue weighted by Gasteiger charge is 2.18. The van der Waals surface area contributed by atoms with Crippen LogP contribution >= 0.6 is 11.6 Å². The number of benzene rings is 2. The Morgan fingerprint density at radius 3 is 2.56 bits per heavy atom. The highest BCUT2D eigenvalue weighted by molar-refractivity contribution is 6.34. The first kappa shape index (κ1) is 20.0. The van der Waals surface area contributed by atoms with Crippen molar-refractivity contribution in [2.45, 2.75) is 13.3 Å². The number of aryl methyl sites for hydroxylation is 1. The molecule has 2 aromatic carbocycles. The van der Waals surface area contributed by atoms with E-state index < -0.39 is 11.5 Å². The number of carbonyl (C=O) groups is 1. The number of aromatic nitrogens is 4. The number of hydrogen-bond acceptors (Lipinski definition) is 4. The Bertz CT molecular complexity index is 1540. The number of amides is 1. The largest absolute Gasteiger partial charge is 0.280 e. The predicted molar refractivity (Wildman–Crippen MR) is 125 cm³/mol. The van der Waals surface area contributed by atoms with Gasteiger partial charge in [0.05, 0.1) is 27.2 Å². The monoisotopic (exact) mass is 443 g/mol. The summed E-state index contributed by atoms with van der Waals surface area (Å²) in [6.07, 6.45) is 3.76. The van der Waals surface area contributed by atoms with E-state index in [4.69, 9.17) is 16.7 Å². The third-order valence-corrected chi connectivity index (χ3v) is 5.65. The van der Waals surface area contributed by atoms with Gasteiger partial charge in [0, 0.05) is 18.0 Å². The van der Waals surface area contributed by atoms with Gasteiger partial charge in [-0.3, -0.25) is 15.0 Å². The van der Waals surface area contributed by atoms with Crippen molar-refractivity contribution in [1.82, 2.24) is 19.3 Å². The molecule has 0 unspecified atom stereocenters. The lowest BCUT2D eigenvalue weighted by molar-refractivity contribution is 0.101. The first-order chi connectivity index (χ1) is 15.6. The minimum absolute atomic E-state index is 0.280. The van der Waals surface area contributed by atoms with Crippen LogP contribution in [0.1, 0.15) is 23.0 Å². The maximum absolute atomic E-state index is 13.1. The minimum atomic E-state index is -0.482. The molecule has 0 saturated heterocycles. The van der Waals surface area contributed by atoms with Gasteiger partial charge in [0.15, 0.2) is 5.65 Å². The fourth-order valence-corrected chi connectivity index (χ4v) is 3.99. The molecule has 5 rings (SSSR count). The zero-order valence-electron chi connectivity index (χ0n) is 17.1. The van der Waals surface area contributed by atoms with E-state index in [1.54, 1.807) is 34.8 Å². The topological polar surface area (TPSA) is 81.3 Å². The zero-order valence-corrected chi connectivity index (χ0v) is 17.9. The van der Waals surface area contributed by atoms with E-state index in [-0.39, 0.29) is 5.56 Å². The number of rotatable bonds is 4. The Morgan fingerprint density at radius 2 is 1.81 bits per heavy atom. The van der Waals surface area contributed by atoms with Crippen LogP contribution in [0.2, 0.25) is 5.02 Å². The summed E-state index contributed by atoms with van der Waals surface area (Å²) in [6.45, 7) is 2.04. The van der Waals surface area contributed by atoms with Crippen LogP contribution in [-0.2, 0) is 6.42 Å². The molecule has 3 heterocycles. The van der Waals surface area contributed by atoms with Crippen LogP contribution in [-0.4, -0.2) is 25.2 Å². The van der Waals surface area contributed by atoms with Gasteiger partial charge in [0.1, 0.15) is 0 Å². The zero-order chi connectivity index (χ0) is 22.2. The van der Waals surface area contributed by atoms with Crippen molar-refractivity contribution in [3.63, 3.8) is 0 Å². The Morgan fingerprint density at radius 1 is 1.06 bits per heavy atom. The van der Waals surface area contributed by atoms with Crippen molar-refractivity contribution in [2.24, 2.45) is 0 Å². The molecule has 0 bridgehead atoms. The van der Waals surface area contributed by atoms with Gasteiger partial charge in [-0.25, -0.2) is 14.2 Å². The predicted octanol–water partition coefficient (Wildman–Crippen LogP) is 4.31. The van der Waals surface area contributed by atoms with Gasteiger partial charge in [0.25, 0.3) is 11.5 Å². The molecule has 0 atom stereocenters. The van der Waals surface area contributed by atoms with Crippen LogP contribution in [0.5, 0.6) is 0 Å². The van der Waals surface area contributed by atoms with Gasteiger partial charge in [-0.1, -0.05) is 61.0 Å². The normalized spacial score (nSPS) is 11.2. The second-order valence-electron chi connectivity index (χ2n) is 7.25. The molecule has 0 aliphatic heterocycles. The van der Waals surface area contributed by atoms with Crippen LogP contribution in [0.25, 0.3) is 27.7 Å². The molecule has 1 amide bonds. The summed E-state index contributed by atoms with van der Waals surface area (Å²) in [7, 11) is 0. The van der Waals surface area contributed by atoms with E-state index >= 15 is 0 Å². The molecule has 158 valence electrons. The molecule has 0 radical (unpaired) electrons. The Balaban J connectivity index is 1.63. The molecule has 0 fully saturated rings. The van der Waals surface area contributed by atoms with Crippen LogP contribution in [0.4, 0.5) is 0 Å². The minimum Gasteiger partial charge on any atom is -0.267 e. The van der Waals surface area contributed by atoms with Crippen molar-refractivity contribution >= 4 is 34.1 Å². The third-order valence-electron chi connectivity index (χ3n) is 5.32. The quantitative estimate of drug-likeness (QED) is 0.448. The van der Waals surface area contributed by atoms with Gasteiger partial charge in [-0.15, -0.1) is 0 Å². The van der Waals surface area contributed by atoms with E-state index in [1.165, 1.54) is 12.4 Å². The SMILES string of the molecule is CCc1nn2c(ncc3c(=O)n(NC(=O)c4ccccc4Cl)ccc32)c1-c1ccccc1. The summed E-state index contributed by atoms with van der Waals surface area (Å²) in [6, 6.07) is 18.3. The summed E-state index contributed by atoms with van der Waals surface area (Å²) in [5.41, 5.74) is 6.61.